The molecule has 1 fully saturated rings. The summed E-state index contributed by atoms with van der Waals surface area (Å²) >= 11 is 1.78. The maximum absolute atomic E-state index is 4.36. The molecule has 1 aliphatic heterocycles. The molecule has 5 heteroatoms. The number of hydrogen-bond donors (Lipinski definition) is 1. The number of thioether (sulfide) groups is 1. The number of rotatable bonds is 2. The summed E-state index contributed by atoms with van der Waals surface area (Å²) in [6, 6.07) is 1.93. The van der Waals surface area contributed by atoms with Crippen molar-refractivity contribution in [2.24, 2.45) is 0 Å². The summed E-state index contributed by atoms with van der Waals surface area (Å²) in [5.41, 5.74) is 1.04. The average Bonchev–Trinajstić information content (AvgIpc) is 2.57. The smallest absolute Gasteiger partial charge is 0.188 e. The highest BCUT2D eigenvalue weighted by Crippen LogP contribution is 2.23. The summed E-state index contributed by atoms with van der Waals surface area (Å²) in [5.74, 6) is 0. The molecular formula is C9H14ClN3S. The third-order valence-electron chi connectivity index (χ3n) is 2.06. The van der Waals surface area contributed by atoms with Crippen LogP contribution in [0.5, 0.6) is 0 Å². The first-order valence-corrected chi connectivity index (χ1v) is 5.39. The summed E-state index contributed by atoms with van der Waals surface area (Å²) in [6.07, 6.45) is 3.05. The van der Waals surface area contributed by atoms with E-state index in [4.69, 9.17) is 0 Å². The third kappa shape index (κ3) is 3.12. The van der Waals surface area contributed by atoms with Crippen molar-refractivity contribution in [1.29, 1.82) is 0 Å². The van der Waals surface area contributed by atoms with Gasteiger partial charge >= 0.3 is 0 Å². The number of hydrogen-bond acceptors (Lipinski definition) is 4. The van der Waals surface area contributed by atoms with Gasteiger partial charge in [-0.2, -0.15) is 0 Å². The summed E-state index contributed by atoms with van der Waals surface area (Å²) in [5, 5.41) is 4.90. The van der Waals surface area contributed by atoms with Gasteiger partial charge in [-0.1, -0.05) is 11.8 Å². The summed E-state index contributed by atoms with van der Waals surface area (Å²) in [6.45, 7) is 4.21. The Labute approximate surface area is 94.5 Å². The number of halogens is 1. The van der Waals surface area contributed by atoms with E-state index in [1.54, 1.807) is 11.8 Å². The number of nitrogens with zero attached hydrogens (tertiary/aromatic N) is 2. The molecule has 2 heterocycles. The van der Waals surface area contributed by atoms with Gasteiger partial charge in [0.1, 0.15) is 0 Å². The van der Waals surface area contributed by atoms with Crippen molar-refractivity contribution in [3.8, 4) is 0 Å². The molecule has 1 atom stereocenters. The molecule has 0 amide bonds. The van der Waals surface area contributed by atoms with Crippen molar-refractivity contribution in [3.63, 3.8) is 0 Å². The van der Waals surface area contributed by atoms with Gasteiger partial charge in [0.15, 0.2) is 5.16 Å². The first-order valence-electron chi connectivity index (χ1n) is 4.51. The molecule has 1 aromatic rings. The molecule has 1 aromatic heterocycles. The van der Waals surface area contributed by atoms with Gasteiger partial charge in [-0.3, -0.25) is 0 Å². The standard InChI is InChI=1S/C9H13N3S.ClH/c1-7-2-5-11-9(12-7)13-8-3-4-10-6-8;/h2,5,8,10H,3-4,6H2,1H3;1H/t8-;/m0./s1. The molecule has 0 radical (unpaired) electrons. The zero-order chi connectivity index (χ0) is 9.10. The van der Waals surface area contributed by atoms with Crippen LogP contribution in [0.2, 0.25) is 0 Å². The van der Waals surface area contributed by atoms with Gasteiger partial charge in [0.05, 0.1) is 0 Å². The molecule has 2 rings (SSSR count). The molecule has 1 saturated heterocycles. The molecule has 1 N–H and O–H groups in total. The highest BCUT2D eigenvalue weighted by molar-refractivity contribution is 7.99. The molecule has 0 spiro atoms. The van der Waals surface area contributed by atoms with Gasteiger partial charge in [-0.25, -0.2) is 9.97 Å². The maximum atomic E-state index is 4.36. The lowest BCUT2D eigenvalue weighted by Crippen LogP contribution is -2.10. The Morgan fingerprint density at radius 3 is 3.07 bits per heavy atom. The first kappa shape index (κ1) is 11.8. The fourth-order valence-electron chi connectivity index (χ4n) is 1.36. The Morgan fingerprint density at radius 2 is 2.43 bits per heavy atom. The van der Waals surface area contributed by atoms with Crippen molar-refractivity contribution in [3.05, 3.63) is 18.0 Å². The minimum atomic E-state index is 0. The number of aryl methyl sites for hydroxylation is 1. The predicted octanol–water partition coefficient (Wildman–Crippen LogP) is 1.66. The fraction of sp³-hybridized carbons (Fsp3) is 0.556. The summed E-state index contributed by atoms with van der Waals surface area (Å²) < 4.78 is 0. The second kappa shape index (κ2) is 5.53. The Hall–Kier alpha value is -0.320. The van der Waals surface area contributed by atoms with E-state index in [0.29, 0.717) is 5.25 Å². The van der Waals surface area contributed by atoms with E-state index in [9.17, 15) is 0 Å². The van der Waals surface area contributed by atoms with E-state index in [1.807, 2.05) is 19.2 Å². The van der Waals surface area contributed by atoms with Gasteiger partial charge in [0, 0.05) is 23.7 Å². The predicted molar refractivity (Wildman–Crippen MR) is 61.1 cm³/mol. The van der Waals surface area contributed by atoms with Crippen LogP contribution in [-0.2, 0) is 0 Å². The second-order valence-electron chi connectivity index (χ2n) is 3.21. The Morgan fingerprint density at radius 1 is 1.57 bits per heavy atom. The molecule has 0 aromatic carbocycles. The van der Waals surface area contributed by atoms with Crippen molar-refractivity contribution < 1.29 is 0 Å². The topological polar surface area (TPSA) is 37.8 Å². The van der Waals surface area contributed by atoms with Crippen LogP contribution in [0.4, 0.5) is 0 Å². The molecular weight excluding hydrogens is 218 g/mol. The van der Waals surface area contributed by atoms with Crippen LogP contribution in [0.3, 0.4) is 0 Å². The van der Waals surface area contributed by atoms with Crippen molar-refractivity contribution in [2.75, 3.05) is 13.1 Å². The lowest BCUT2D eigenvalue weighted by atomic mass is 10.4. The van der Waals surface area contributed by atoms with E-state index in [1.165, 1.54) is 6.42 Å². The largest absolute Gasteiger partial charge is 0.316 e. The monoisotopic (exact) mass is 231 g/mol. The van der Waals surface area contributed by atoms with Gasteiger partial charge in [0.25, 0.3) is 0 Å². The van der Waals surface area contributed by atoms with Gasteiger partial charge in [0.2, 0.25) is 0 Å². The van der Waals surface area contributed by atoms with E-state index in [-0.39, 0.29) is 12.4 Å². The SMILES string of the molecule is Cc1ccnc(S[C@H]2CCNC2)n1.Cl. The van der Waals surface area contributed by atoms with Gasteiger partial charge in [-0.15, -0.1) is 12.4 Å². The average molecular weight is 232 g/mol. The highest BCUT2D eigenvalue weighted by atomic mass is 35.5. The molecule has 0 bridgehead atoms. The Balaban J connectivity index is 0.000000980. The summed E-state index contributed by atoms with van der Waals surface area (Å²) in [4.78, 5) is 8.59. The van der Waals surface area contributed by atoms with Gasteiger partial charge in [-0.05, 0) is 26.0 Å². The van der Waals surface area contributed by atoms with Crippen LogP contribution in [0.1, 0.15) is 12.1 Å². The van der Waals surface area contributed by atoms with Crippen molar-refractivity contribution >= 4 is 24.2 Å². The Bertz CT molecular complexity index is 289. The fourth-order valence-corrected chi connectivity index (χ4v) is 2.41. The molecule has 78 valence electrons. The summed E-state index contributed by atoms with van der Waals surface area (Å²) in [7, 11) is 0. The maximum Gasteiger partial charge on any atom is 0.188 e. The van der Waals surface area contributed by atoms with Crippen LogP contribution in [-0.4, -0.2) is 28.3 Å². The van der Waals surface area contributed by atoms with Crippen LogP contribution in [0.15, 0.2) is 17.4 Å². The van der Waals surface area contributed by atoms with Crippen molar-refractivity contribution in [1.82, 2.24) is 15.3 Å². The van der Waals surface area contributed by atoms with Crippen molar-refractivity contribution in [2.45, 2.75) is 23.8 Å². The first-order chi connectivity index (χ1) is 6.34. The minimum absolute atomic E-state index is 0. The zero-order valence-corrected chi connectivity index (χ0v) is 9.70. The lowest BCUT2D eigenvalue weighted by Gasteiger charge is -2.05. The highest BCUT2D eigenvalue weighted by Gasteiger charge is 2.16. The van der Waals surface area contributed by atoms with Crippen LogP contribution >= 0.6 is 24.2 Å². The van der Waals surface area contributed by atoms with E-state index in [2.05, 4.69) is 15.3 Å². The lowest BCUT2D eigenvalue weighted by molar-refractivity contribution is 0.857. The molecule has 1 aliphatic rings. The molecule has 0 unspecified atom stereocenters. The van der Waals surface area contributed by atoms with Crippen LogP contribution in [0.25, 0.3) is 0 Å². The molecule has 3 nitrogen and oxygen atoms in total. The number of aromatic nitrogens is 2. The normalized spacial score (nSPS) is 20.5. The molecule has 14 heavy (non-hydrogen) atoms. The van der Waals surface area contributed by atoms with E-state index >= 15 is 0 Å². The van der Waals surface area contributed by atoms with E-state index in [0.717, 1.165) is 23.9 Å². The minimum Gasteiger partial charge on any atom is -0.316 e. The van der Waals surface area contributed by atoms with Crippen LogP contribution < -0.4 is 5.32 Å². The molecule has 0 aliphatic carbocycles. The molecule has 0 saturated carbocycles. The quantitative estimate of drug-likeness (QED) is 0.786. The van der Waals surface area contributed by atoms with Crippen LogP contribution in [0, 0.1) is 6.92 Å². The number of nitrogens with one attached hydrogen (secondary N) is 1. The third-order valence-corrected chi connectivity index (χ3v) is 3.20. The van der Waals surface area contributed by atoms with Gasteiger partial charge < -0.3 is 5.32 Å². The van der Waals surface area contributed by atoms with E-state index < -0.39 is 0 Å². The Kier molecular flexibility index (Phi) is 4.65. The second-order valence-corrected chi connectivity index (χ2v) is 4.48. The zero-order valence-electron chi connectivity index (χ0n) is 8.06.